The first-order valence-electron chi connectivity index (χ1n) is 7.52. The summed E-state index contributed by atoms with van der Waals surface area (Å²) in [7, 11) is 0. The SMILES string of the molecule is CCC1CCCCCN1CCCNC(C)(C)C. The molecule has 0 radical (unpaired) electrons. The molecule has 1 aliphatic heterocycles. The summed E-state index contributed by atoms with van der Waals surface area (Å²) in [4.78, 5) is 2.73. The quantitative estimate of drug-likeness (QED) is 0.741. The number of likely N-dealkylation sites (tertiary alicyclic amines) is 1. The van der Waals surface area contributed by atoms with Crippen LogP contribution < -0.4 is 5.32 Å². The van der Waals surface area contributed by atoms with Crippen LogP contribution in [0.3, 0.4) is 0 Å². The monoisotopic (exact) mass is 240 g/mol. The summed E-state index contributed by atoms with van der Waals surface area (Å²) >= 11 is 0. The van der Waals surface area contributed by atoms with Gasteiger partial charge in [-0.15, -0.1) is 0 Å². The topological polar surface area (TPSA) is 15.3 Å². The minimum absolute atomic E-state index is 0.267. The van der Waals surface area contributed by atoms with Gasteiger partial charge in [-0.3, -0.25) is 0 Å². The first-order valence-corrected chi connectivity index (χ1v) is 7.52. The molecule has 0 amide bonds. The lowest BCUT2D eigenvalue weighted by atomic mass is 10.1. The second-order valence-corrected chi connectivity index (χ2v) is 6.48. The minimum Gasteiger partial charge on any atom is -0.312 e. The Kier molecular flexibility index (Phi) is 6.50. The van der Waals surface area contributed by atoms with Gasteiger partial charge in [-0.05, 0) is 66.1 Å². The highest BCUT2D eigenvalue weighted by Crippen LogP contribution is 2.19. The second kappa shape index (κ2) is 7.38. The van der Waals surface area contributed by atoms with E-state index < -0.39 is 0 Å². The molecule has 1 aliphatic rings. The molecular weight excluding hydrogens is 208 g/mol. The van der Waals surface area contributed by atoms with E-state index in [9.17, 15) is 0 Å². The van der Waals surface area contributed by atoms with Gasteiger partial charge in [0.2, 0.25) is 0 Å². The second-order valence-electron chi connectivity index (χ2n) is 6.48. The van der Waals surface area contributed by atoms with Crippen molar-refractivity contribution in [2.75, 3.05) is 19.6 Å². The maximum absolute atomic E-state index is 3.58. The summed E-state index contributed by atoms with van der Waals surface area (Å²) < 4.78 is 0. The Labute approximate surface area is 108 Å². The third-order valence-corrected chi connectivity index (χ3v) is 3.75. The van der Waals surface area contributed by atoms with E-state index in [2.05, 4.69) is 37.9 Å². The zero-order chi connectivity index (χ0) is 12.7. The molecule has 1 unspecified atom stereocenters. The maximum Gasteiger partial charge on any atom is 0.00965 e. The van der Waals surface area contributed by atoms with Crippen LogP contribution in [0.15, 0.2) is 0 Å². The molecule has 1 fully saturated rings. The Morgan fingerprint density at radius 3 is 2.59 bits per heavy atom. The predicted octanol–water partition coefficient (Wildman–Crippen LogP) is 3.42. The number of nitrogens with one attached hydrogen (secondary N) is 1. The summed E-state index contributed by atoms with van der Waals surface area (Å²) in [5, 5.41) is 3.58. The molecule has 1 saturated heterocycles. The van der Waals surface area contributed by atoms with Gasteiger partial charge < -0.3 is 10.2 Å². The van der Waals surface area contributed by atoms with Gasteiger partial charge in [0.25, 0.3) is 0 Å². The van der Waals surface area contributed by atoms with Crippen molar-refractivity contribution in [1.29, 1.82) is 0 Å². The largest absolute Gasteiger partial charge is 0.312 e. The van der Waals surface area contributed by atoms with Gasteiger partial charge in [-0.2, -0.15) is 0 Å². The number of hydrogen-bond donors (Lipinski definition) is 1. The smallest absolute Gasteiger partial charge is 0.00965 e. The molecule has 0 bridgehead atoms. The molecule has 1 heterocycles. The normalized spacial score (nSPS) is 23.6. The molecule has 0 aromatic heterocycles. The molecule has 1 atom stereocenters. The van der Waals surface area contributed by atoms with Crippen molar-refractivity contribution in [3.63, 3.8) is 0 Å². The summed E-state index contributed by atoms with van der Waals surface area (Å²) in [6.45, 7) is 12.8. The van der Waals surface area contributed by atoms with Crippen LogP contribution >= 0.6 is 0 Å². The Morgan fingerprint density at radius 2 is 1.94 bits per heavy atom. The highest BCUT2D eigenvalue weighted by molar-refractivity contribution is 4.75. The van der Waals surface area contributed by atoms with E-state index in [4.69, 9.17) is 0 Å². The molecule has 17 heavy (non-hydrogen) atoms. The van der Waals surface area contributed by atoms with Gasteiger partial charge in [0.05, 0.1) is 0 Å². The van der Waals surface area contributed by atoms with Gasteiger partial charge in [-0.1, -0.05) is 19.8 Å². The highest BCUT2D eigenvalue weighted by atomic mass is 15.2. The molecule has 0 saturated carbocycles. The van der Waals surface area contributed by atoms with Crippen LogP contribution in [0.2, 0.25) is 0 Å². The van der Waals surface area contributed by atoms with Gasteiger partial charge >= 0.3 is 0 Å². The summed E-state index contributed by atoms with van der Waals surface area (Å²) in [5.41, 5.74) is 0.267. The van der Waals surface area contributed by atoms with E-state index in [0.29, 0.717) is 0 Å². The van der Waals surface area contributed by atoms with Crippen LogP contribution in [-0.4, -0.2) is 36.1 Å². The van der Waals surface area contributed by atoms with Crippen molar-refractivity contribution in [3.8, 4) is 0 Å². The Morgan fingerprint density at radius 1 is 1.18 bits per heavy atom. The van der Waals surface area contributed by atoms with Gasteiger partial charge in [0.15, 0.2) is 0 Å². The summed E-state index contributed by atoms with van der Waals surface area (Å²) in [5.74, 6) is 0. The zero-order valence-corrected chi connectivity index (χ0v) is 12.4. The van der Waals surface area contributed by atoms with Crippen LogP contribution in [0.1, 0.15) is 66.2 Å². The van der Waals surface area contributed by atoms with Crippen molar-refractivity contribution in [3.05, 3.63) is 0 Å². The lowest BCUT2D eigenvalue weighted by Gasteiger charge is -2.29. The molecule has 2 nitrogen and oxygen atoms in total. The van der Waals surface area contributed by atoms with E-state index in [1.165, 1.54) is 51.6 Å². The van der Waals surface area contributed by atoms with Crippen molar-refractivity contribution < 1.29 is 0 Å². The van der Waals surface area contributed by atoms with Crippen molar-refractivity contribution >= 4 is 0 Å². The first kappa shape index (κ1) is 15.0. The molecule has 102 valence electrons. The Hall–Kier alpha value is -0.0800. The fraction of sp³-hybridized carbons (Fsp3) is 1.00. The van der Waals surface area contributed by atoms with E-state index in [-0.39, 0.29) is 5.54 Å². The lowest BCUT2D eigenvalue weighted by molar-refractivity contribution is 0.190. The van der Waals surface area contributed by atoms with Crippen LogP contribution in [0, 0.1) is 0 Å². The zero-order valence-electron chi connectivity index (χ0n) is 12.4. The minimum atomic E-state index is 0.267. The van der Waals surface area contributed by atoms with Crippen LogP contribution in [-0.2, 0) is 0 Å². The van der Waals surface area contributed by atoms with Crippen LogP contribution in [0.4, 0.5) is 0 Å². The number of hydrogen-bond acceptors (Lipinski definition) is 2. The highest BCUT2D eigenvalue weighted by Gasteiger charge is 2.18. The molecule has 0 aromatic carbocycles. The van der Waals surface area contributed by atoms with E-state index >= 15 is 0 Å². The Bertz CT molecular complexity index is 196. The van der Waals surface area contributed by atoms with E-state index in [1.54, 1.807) is 0 Å². The van der Waals surface area contributed by atoms with Crippen LogP contribution in [0.25, 0.3) is 0 Å². The average Bonchev–Trinajstić information content (AvgIpc) is 2.47. The third-order valence-electron chi connectivity index (χ3n) is 3.75. The number of nitrogens with zero attached hydrogens (tertiary/aromatic N) is 1. The molecule has 0 spiro atoms. The fourth-order valence-electron chi connectivity index (χ4n) is 2.74. The molecule has 0 aliphatic carbocycles. The third kappa shape index (κ3) is 6.42. The van der Waals surface area contributed by atoms with Crippen molar-refractivity contribution in [2.45, 2.75) is 77.8 Å². The van der Waals surface area contributed by atoms with Crippen LogP contribution in [0.5, 0.6) is 0 Å². The predicted molar refractivity (Wildman–Crippen MR) is 76.5 cm³/mol. The van der Waals surface area contributed by atoms with E-state index in [0.717, 1.165) is 12.6 Å². The molecule has 0 aromatic rings. The van der Waals surface area contributed by atoms with Gasteiger partial charge in [0, 0.05) is 11.6 Å². The maximum atomic E-state index is 3.58. The van der Waals surface area contributed by atoms with Crippen molar-refractivity contribution in [2.24, 2.45) is 0 Å². The number of rotatable bonds is 5. The Balaban J connectivity index is 2.23. The lowest BCUT2D eigenvalue weighted by Crippen LogP contribution is -2.40. The fourth-order valence-corrected chi connectivity index (χ4v) is 2.74. The summed E-state index contributed by atoms with van der Waals surface area (Å²) in [6, 6.07) is 0.854. The van der Waals surface area contributed by atoms with Crippen molar-refractivity contribution in [1.82, 2.24) is 10.2 Å². The average molecular weight is 240 g/mol. The molecular formula is C15H32N2. The molecule has 1 N–H and O–H groups in total. The molecule has 2 heteroatoms. The molecule has 1 rings (SSSR count). The summed E-state index contributed by atoms with van der Waals surface area (Å²) in [6.07, 6.45) is 8.31. The van der Waals surface area contributed by atoms with Gasteiger partial charge in [0.1, 0.15) is 0 Å². The van der Waals surface area contributed by atoms with Gasteiger partial charge in [-0.25, -0.2) is 0 Å². The first-order chi connectivity index (χ1) is 8.03. The van der Waals surface area contributed by atoms with E-state index in [1.807, 2.05) is 0 Å². The standard InChI is InChI=1S/C15H32N2/c1-5-14-10-7-6-8-12-17(14)13-9-11-16-15(2,3)4/h14,16H,5-13H2,1-4H3.